The van der Waals surface area contributed by atoms with Crippen LogP contribution in [0.2, 0.25) is 0 Å². The molecule has 4 aromatic rings. The Morgan fingerprint density at radius 3 is 2.62 bits per heavy atom. The third-order valence-electron chi connectivity index (χ3n) is 5.13. The number of benzene rings is 2. The Labute approximate surface area is 187 Å². The Balaban J connectivity index is 1.25. The van der Waals surface area contributed by atoms with Crippen molar-refractivity contribution in [2.45, 2.75) is 26.1 Å². The molecule has 0 saturated carbocycles. The van der Waals surface area contributed by atoms with Crippen molar-refractivity contribution in [2.24, 2.45) is 0 Å². The van der Waals surface area contributed by atoms with Crippen LogP contribution in [0.3, 0.4) is 0 Å². The maximum Gasteiger partial charge on any atom is 0.287 e. The van der Waals surface area contributed by atoms with Gasteiger partial charge in [0.1, 0.15) is 11.9 Å². The number of amides is 1. The molecule has 0 radical (unpaired) electrons. The van der Waals surface area contributed by atoms with E-state index in [9.17, 15) is 4.79 Å². The van der Waals surface area contributed by atoms with Crippen molar-refractivity contribution in [1.29, 1.82) is 0 Å². The van der Waals surface area contributed by atoms with Crippen molar-refractivity contribution in [3.05, 3.63) is 96.1 Å². The van der Waals surface area contributed by atoms with Gasteiger partial charge in [-0.25, -0.2) is 0 Å². The van der Waals surface area contributed by atoms with Gasteiger partial charge < -0.3 is 14.5 Å². The molecule has 0 fully saturated rings. The van der Waals surface area contributed by atoms with Crippen LogP contribution in [0.5, 0.6) is 5.75 Å². The molecule has 164 valence electrons. The van der Waals surface area contributed by atoms with E-state index in [4.69, 9.17) is 9.15 Å². The lowest BCUT2D eigenvalue weighted by molar-refractivity contribution is 0.0904. The van der Waals surface area contributed by atoms with Gasteiger partial charge in [0, 0.05) is 24.7 Å². The highest BCUT2D eigenvalue weighted by Crippen LogP contribution is 2.18. The predicted molar refractivity (Wildman–Crippen MR) is 124 cm³/mol. The van der Waals surface area contributed by atoms with Crippen LogP contribution in [-0.2, 0) is 13.1 Å². The normalized spacial score (nSPS) is 12.1. The molecule has 1 atom stereocenters. The SMILES string of the molecule is C[C@H](CNC(=O)c1ccco1)Oc1ccc(CN(C)Cc2ccc3ncccc3c2)cc1. The summed E-state index contributed by atoms with van der Waals surface area (Å²) in [6, 6.07) is 21.9. The molecule has 0 aliphatic rings. The van der Waals surface area contributed by atoms with Crippen molar-refractivity contribution in [3.63, 3.8) is 0 Å². The van der Waals surface area contributed by atoms with E-state index in [-0.39, 0.29) is 12.0 Å². The largest absolute Gasteiger partial charge is 0.489 e. The molecule has 0 saturated heterocycles. The second-order valence-corrected chi connectivity index (χ2v) is 7.96. The van der Waals surface area contributed by atoms with Crippen molar-refractivity contribution in [2.75, 3.05) is 13.6 Å². The van der Waals surface area contributed by atoms with Gasteiger partial charge in [-0.3, -0.25) is 14.7 Å². The van der Waals surface area contributed by atoms with Gasteiger partial charge in [0.05, 0.1) is 18.3 Å². The summed E-state index contributed by atoms with van der Waals surface area (Å²) < 4.78 is 11.0. The van der Waals surface area contributed by atoms with E-state index >= 15 is 0 Å². The highest BCUT2D eigenvalue weighted by molar-refractivity contribution is 5.91. The molecule has 2 heterocycles. The number of hydrogen-bond donors (Lipinski definition) is 1. The molecule has 0 spiro atoms. The molecule has 4 rings (SSSR count). The van der Waals surface area contributed by atoms with Crippen LogP contribution in [0.25, 0.3) is 10.9 Å². The topological polar surface area (TPSA) is 67.6 Å². The van der Waals surface area contributed by atoms with E-state index in [1.165, 1.54) is 17.4 Å². The minimum atomic E-state index is -0.244. The monoisotopic (exact) mass is 429 g/mol. The Bertz CT molecular complexity index is 1160. The highest BCUT2D eigenvalue weighted by atomic mass is 16.5. The lowest BCUT2D eigenvalue weighted by atomic mass is 10.1. The van der Waals surface area contributed by atoms with Gasteiger partial charge in [0.15, 0.2) is 5.76 Å². The zero-order valence-corrected chi connectivity index (χ0v) is 18.3. The Morgan fingerprint density at radius 2 is 1.84 bits per heavy atom. The first-order valence-electron chi connectivity index (χ1n) is 10.7. The Kier molecular flexibility index (Phi) is 6.82. The van der Waals surface area contributed by atoms with Gasteiger partial charge in [0.25, 0.3) is 5.91 Å². The number of carbonyl (C=O) groups excluding carboxylic acids is 1. The van der Waals surface area contributed by atoms with Gasteiger partial charge >= 0.3 is 0 Å². The lowest BCUT2D eigenvalue weighted by Gasteiger charge is -2.18. The predicted octanol–water partition coefficient (Wildman–Crippen LogP) is 4.66. The van der Waals surface area contributed by atoms with Crippen LogP contribution in [0.4, 0.5) is 0 Å². The van der Waals surface area contributed by atoms with Crippen molar-refractivity contribution in [3.8, 4) is 5.75 Å². The first kappa shape index (κ1) is 21.6. The molecule has 2 aromatic carbocycles. The van der Waals surface area contributed by atoms with Crippen LogP contribution < -0.4 is 10.1 Å². The number of ether oxygens (including phenoxy) is 1. The summed E-state index contributed by atoms with van der Waals surface area (Å²) in [5.41, 5.74) is 3.49. The van der Waals surface area contributed by atoms with Crippen molar-refractivity contribution in [1.82, 2.24) is 15.2 Å². The number of pyridine rings is 1. The molecular formula is C26H27N3O3. The molecule has 1 amide bonds. The maximum atomic E-state index is 11.9. The average Bonchev–Trinajstić information content (AvgIpc) is 3.34. The van der Waals surface area contributed by atoms with E-state index in [2.05, 4.69) is 58.6 Å². The first-order valence-corrected chi connectivity index (χ1v) is 10.7. The molecule has 6 nitrogen and oxygen atoms in total. The van der Waals surface area contributed by atoms with Gasteiger partial charge in [-0.1, -0.05) is 24.3 Å². The van der Waals surface area contributed by atoms with E-state index in [0.717, 1.165) is 29.7 Å². The van der Waals surface area contributed by atoms with Crippen LogP contribution in [0, 0.1) is 0 Å². The smallest absolute Gasteiger partial charge is 0.287 e. The maximum absolute atomic E-state index is 11.9. The first-order chi connectivity index (χ1) is 15.6. The number of hydrogen-bond acceptors (Lipinski definition) is 5. The van der Waals surface area contributed by atoms with Crippen LogP contribution in [0.1, 0.15) is 28.6 Å². The molecule has 0 unspecified atom stereocenters. The van der Waals surface area contributed by atoms with Gasteiger partial charge in [-0.05, 0) is 67.6 Å². The molecule has 1 N–H and O–H groups in total. The van der Waals surface area contributed by atoms with E-state index in [1.807, 2.05) is 31.3 Å². The fraction of sp³-hybridized carbons (Fsp3) is 0.231. The Morgan fingerprint density at radius 1 is 1.06 bits per heavy atom. The summed E-state index contributed by atoms with van der Waals surface area (Å²) in [5, 5.41) is 3.97. The summed E-state index contributed by atoms with van der Waals surface area (Å²) in [6.07, 6.45) is 3.14. The summed E-state index contributed by atoms with van der Waals surface area (Å²) in [5.74, 6) is 0.829. The molecule has 6 heteroatoms. The van der Waals surface area contributed by atoms with Gasteiger partial charge in [-0.2, -0.15) is 0 Å². The van der Waals surface area contributed by atoms with Crippen molar-refractivity contribution >= 4 is 16.8 Å². The van der Waals surface area contributed by atoms with E-state index < -0.39 is 0 Å². The number of fused-ring (bicyclic) bond motifs is 1. The summed E-state index contributed by atoms with van der Waals surface area (Å²) >= 11 is 0. The number of nitrogens with one attached hydrogen (secondary N) is 1. The minimum absolute atomic E-state index is 0.162. The third-order valence-corrected chi connectivity index (χ3v) is 5.13. The van der Waals surface area contributed by atoms with E-state index in [0.29, 0.717) is 12.3 Å². The fourth-order valence-corrected chi connectivity index (χ4v) is 3.58. The number of nitrogens with zero attached hydrogens (tertiary/aromatic N) is 2. The number of furan rings is 1. The summed E-state index contributed by atoms with van der Waals surface area (Å²) in [6.45, 7) is 4.00. The van der Waals surface area contributed by atoms with Gasteiger partial charge in [0.2, 0.25) is 0 Å². The summed E-state index contributed by atoms with van der Waals surface area (Å²) in [4.78, 5) is 18.6. The average molecular weight is 430 g/mol. The zero-order chi connectivity index (χ0) is 22.3. The minimum Gasteiger partial charge on any atom is -0.489 e. The second-order valence-electron chi connectivity index (χ2n) is 7.96. The van der Waals surface area contributed by atoms with Crippen LogP contribution >= 0.6 is 0 Å². The quantitative estimate of drug-likeness (QED) is 0.419. The van der Waals surface area contributed by atoms with Crippen LogP contribution in [0.15, 0.2) is 83.6 Å². The number of aromatic nitrogens is 1. The zero-order valence-electron chi connectivity index (χ0n) is 18.3. The van der Waals surface area contributed by atoms with Crippen LogP contribution in [-0.4, -0.2) is 35.5 Å². The fourth-order valence-electron chi connectivity index (χ4n) is 3.58. The van der Waals surface area contributed by atoms with E-state index in [1.54, 1.807) is 12.1 Å². The number of carbonyl (C=O) groups is 1. The highest BCUT2D eigenvalue weighted by Gasteiger charge is 2.11. The second kappa shape index (κ2) is 10.1. The Hall–Kier alpha value is -3.64. The molecule has 32 heavy (non-hydrogen) atoms. The molecule has 0 aliphatic carbocycles. The molecular weight excluding hydrogens is 402 g/mol. The van der Waals surface area contributed by atoms with Crippen molar-refractivity contribution < 1.29 is 13.9 Å². The third kappa shape index (κ3) is 5.74. The lowest BCUT2D eigenvalue weighted by Crippen LogP contribution is -2.33. The number of rotatable bonds is 9. The van der Waals surface area contributed by atoms with Gasteiger partial charge in [-0.15, -0.1) is 0 Å². The molecule has 0 bridgehead atoms. The molecule has 0 aliphatic heterocycles. The summed E-state index contributed by atoms with van der Waals surface area (Å²) in [7, 11) is 2.11. The standard InChI is InChI=1S/C26H27N3O3/c1-19(16-28-26(30)25-6-4-14-31-25)32-23-10-7-20(8-11-23)17-29(2)18-21-9-12-24-22(15-21)5-3-13-27-24/h3-15,19H,16-18H2,1-2H3,(H,28,30)/t19-/m1/s1. The molecule has 2 aromatic heterocycles.